The highest BCUT2D eigenvalue weighted by atomic mass is 35.5. The highest BCUT2D eigenvalue weighted by Crippen LogP contribution is 2.31. The number of rotatable bonds is 5. The van der Waals surface area contributed by atoms with Crippen LogP contribution in [0.5, 0.6) is 5.75 Å². The first-order chi connectivity index (χ1) is 13.2. The van der Waals surface area contributed by atoms with Gasteiger partial charge < -0.3 is 10.1 Å². The van der Waals surface area contributed by atoms with Crippen molar-refractivity contribution >= 4 is 34.0 Å². The molecule has 4 nitrogen and oxygen atoms in total. The van der Waals surface area contributed by atoms with Gasteiger partial charge in [-0.25, -0.2) is 14.4 Å². The van der Waals surface area contributed by atoms with Gasteiger partial charge in [-0.15, -0.1) is 0 Å². The molecule has 0 atom stereocenters. The van der Waals surface area contributed by atoms with Crippen LogP contribution < -0.4 is 10.1 Å². The van der Waals surface area contributed by atoms with Crippen molar-refractivity contribution in [1.82, 2.24) is 9.97 Å². The molecular formula is C21H15ClFN3O. The van der Waals surface area contributed by atoms with Crippen LogP contribution in [0.4, 0.5) is 15.9 Å². The van der Waals surface area contributed by atoms with Crippen LogP contribution in [0.2, 0.25) is 5.02 Å². The highest BCUT2D eigenvalue weighted by Gasteiger charge is 2.08. The van der Waals surface area contributed by atoms with Crippen molar-refractivity contribution in [3.05, 3.63) is 89.5 Å². The third-order valence-corrected chi connectivity index (χ3v) is 4.37. The summed E-state index contributed by atoms with van der Waals surface area (Å²) >= 11 is 6.33. The summed E-state index contributed by atoms with van der Waals surface area (Å²) in [5.41, 5.74) is 2.09. The number of benzene rings is 3. The molecule has 0 amide bonds. The second-order valence-electron chi connectivity index (χ2n) is 5.89. The fraction of sp³-hybridized carbons (Fsp3) is 0.0476. The first kappa shape index (κ1) is 17.2. The summed E-state index contributed by atoms with van der Waals surface area (Å²) in [5.74, 6) is 0.872. The van der Waals surface area contributed by atoms with Crippen molar-refractivity contribution < 1.29 is 9.13 Å². The number of nitrogens with one attached hydrogen (secondary N) is 1. The number of nitrogens with zero attached hydrogens (tertiary/aromatic N) is 2. The van der Waals surface area contributed by atoms with Crippen LogP contribution >= 0.6 is 11.6 Å². The lowest BCUT2D eigenvalue weighted by Gasteiger charge is -2.12. The Morgan fingerprint density at radius 3 is 2.63 bits per heavy atom. The van der Waals surface area contributed by atoms with Crippen molar-refractivity contribution in [2.24, 2.45) is 0 Å². The summed E-state index contributed by atoms with van der Waals surface area (Å²) in [5, 5.41) is 4.59. The van der Waals surface area contributed by atoms with E-state index in [1.165, 1.54) is 12.4 Å². The molecule has 0 radical (unpaired) electrons. The Labute approximate surface area is 160 Å². The summed E-state index contributed by atoms with van der Waals surface area (Å²) in [4.78, 5) is 8.55. The van der Waals surface area contributed by atoms with Crippen molar-refractivity contribution in [1.29, 1.82) is 0 Å². The van der Waals surface area contributed by atoms with Crippen LogP contribution in [0.1, 0.15) is 5.56 Å². The quantitative estimate of drug-likeness (QED) is 0.480. The molecule has 0 fully saturated rings. The molecule has 0 aliphatic heterocycles. The molecule has 1 N–H and O–H groups in total. The molecule has 0 bridgehead atoms. The lowest BCUT2D eigenvalue weighted by molar-refractivity contribution is 0.300. The number of halogens is 2. The molecule has 1 heterocycles. The zero-order chi connectivity index (χ0) is 18.6. The normalized spacial score (nSPS) is 10.7. The average Bonchev–Trinajstić information content (AvgIpc) is 2.69. The van der Waals surface area contributed by atoms with Crippen LogP contribution in [0.3, 0.4) is 0 Å². The Morgan fingerprint density at radius 2 is 1.78 bits per heavy atom. The van der Waals surface area contributed by atoms with Gasteiger partial charge in [-0.2, -0.15) is 0 Å². The maximum absolute atomic E-state index is 13.7. The Balaban J connectivity index is 1.52. The topological polar surface area (TPSA) is 47.0 Å². The van der Waals surface area contributed by atoms with Gasteiger partial charge in [0.25, 0.3) is 0 Å². The molecule has 0 saturated carbocycles. The molecule has 0 aliphatic rings. The second-order valence-corrected chi connectivity index (χ2v) is 6.30. The van der Waals surface area contributed by atoms with Crippen LogP contribution in [-0.4, -0.2) is 9.97 Å². The van der Waals surface area contributed by atoms with E-state index in [0.29, 0.717) is 22.2 Å². The van der Waals surface area contributed by atoms with Gasteiger partial charge in [0.05, 0.1) is 10.5 Å². The van der Waals surface area contributed by atoms with Crippen LogP contribution in [0.25, 0.3) is 10.9 Å². The first-order valence-electron chi connectivity index (χ1n) is 8.33. The van der Waals surface area contributed by atoms with Gasteiger partial charge in [-0.1, -0.05) is 41.9 Å². The van der Waals surface area contributed by atoms with Gasteiger partial charge in [0.15, 0.2) is 0 Å². The third kappa shape index (κ3) is 3.83. The van der Waals surface area contributed by atoms with E-state index in [2.05, 4.69) is 15.3 Å². The van der Waals surface area contributed by atoms with E-state index in [9.17, 15) is 4.39 Å². The van der Waals surface area contributed by atoms with E-state index >= 15 is 0 Å². The maximum atomic E-state index is 13.7. The number of hydrogen-bond acceptors (Lipinski definition) is 4. The summed E-state index contributed by atoms with van der Waals surface area (Å²) in [6, 6.07) is 19.6. The minimum atomic E-state index is -0.303. The van der Waals surface area contributed by atoms with E-state index in [1.807, 2.05) is 30.3 Å². The van der Waals surface area contributed by atoms with Gasteiger partial charge in [0, 0.05) is 16.6 Å². The van der Waals surface area contributed by atoms with Crippen LogP contribution in [-0.2, 0) is 6.61 Å². The summed E-state index contributed by atoms with van der Waals surface area (Å²) in [6.07, 6.45) is 1.51. The fourth-order valence-electron chi connectivity index (χ4n) is 2.71. The molecule has 1 aromatic heterocycles. The molecule has 0 aliphatic carbocycles. The standard InChI is InChI=1S/C21H15ClFN3O/c22-17-11-15(26-21-16-6-2-4-8-19(16)24-13-25-21)9-10-20(17)27-12-14-5-1-3-7-18(14)23/h1-11,13H,12H2,(H,24,25,26). The minimum Gasteiger partial charge on any atom is -0.487 e. The summed E-state index contributed by atoms with van der Waals surface area (Å²) < 4.78 is 19.3. The molecule has 3 aromatic carbocycles. The molecule has 4 aromatic rings. The van der Waals surface area contributed by atoms with E-state index in [0.717, 1.165) is 16.6 Å². The van der Waals surface area contributed by atoms with E-state index in [4.69, 9.17) is 16.3 Å². The number of aromatic nitrogens is 2. The van der Waals surface area contributed by atoms with E-state index in [-0.39, 0.29) is 12.4 Å². The number of ether oxygens (including phenoxy) is 1. The molecule has 0 saturated heterocycles. The lowest BCUT2D eigenvalue weighted by Crippen LogP contribution is -1.99. The number of fused-ring (bicyclic) bond motifs is 1. The summed E-state index contributed by atoms with van der Waals surface area (Å²) in [7, 11) is 0. The number of hydrogen-bond donors (Lipinski definition) is 1. The second kappa shape index (κ2) is 7.60. The molecule has 27 heavy (non-hydrogen) atoms. The monoisotopic (exact) mass is 379 g/mol. The predicted octanol–water partition coefficient (Wildman–Crippen LogP) is 5.74. The van der Waals surface area contributed by atoms with Crippen LogP contribution in [0.15, 0.2) is 73.1 Å². The Kier molecular flexibility index (Phi) is 4.85. The molecular weight excluding hydrogens is 365 g/mol. The number of para-hydroxylation sites is 1. The van der Waals surface area contributed by atoms with Gasteiger partial charge in [-0.05, 0) is 36.4 Å². The largest absolute Gasteiger partial charge is 0.487 e. The number of anilines is 2. The molecule has 0 unspecified atom stereocenters. The molecule has 6 heteroatoms. The Morgan fingerprint density at radius 1 is 0.963 bits per heavy atom. The smallest absolute Gasteiger partial charge is 0.141 e. The molecule has 134 valence electrons. The Bertz CT molecular complexity index is 1100. The van der Waals surface area contributed by atoms with Gasteiger partial charge in [-0.3, -0.25) is 0 Å². The fourth-order valence-corrected chi connectivity index (χ4v) is 2.94. The van der Waals surface area contributed by atoms with Crippen molar-refractivity contribution in [3.8, 4) is 5.75 Å². The maximum Gasteiger partial charge on any atom is 0.141 e. The first-order valence-corrected chi connectivity index (χ1v) is 8.71. The van der Waals surface area contributed by atoms with Crippen molar-refractivity contribution in [3.63, 3.8) is 0 Å². The van der Waals surface area contributed by atoms with Gasteiger partial charge in [0.2, 0.25) is 0 Å². The van der Waals surface area contributed by atoms with E-state index in [1.54, 1.807) is 30.3 Å². The van der Waals surface area contributed by atoms with Gasteiger partial charge in [0.1, 0.15) is 30.3 Å². The highest BCUT2D eigenvalue weighted by molar-refractivity contribution is 6.32. The molecule has 4 rings (SSSR count). The van der Waals surface area contributed by atoms with Crippen molar-refractivity contribution in [2.75, 3.05) is 5.32 Å². The average molecular weight is 380 g/mol. The summed E-state index contributed by atoms with van der Waals surface area (Å²) in [6.45, 7) is 0.107. The van der Waals surface area contributed by atoms with E-state index < -0.39 is 0 Å². The zero-order valence-electron chi connectivity index (χ0n) is 14.2. The SMILES string of the molecule is Fc1ccccc1COc1ccc(Nc2ncnc3ccccc23)cc1Cl. The molecule has 0 spiro atoms. The minimum absolute atomic E-state index is 0.107. The third-order valence-electron chi connectivity index (χ3n) is 4.08. The van der Waals surface area contributed by atoms with Crippen molar-refractivity contribution in [2.45, 2.75) is 6.61 Å². The Hall–Kier alpha value is -3.18. The van der Waals surface area contributed by atoms with Crippen LogP contribution in [0, 0.1) is 5.82 Å². The zero-order valence-corrected chi connectivity index (χ0v) is 14.9. The lowest BCUT2D eigenvalue weighted by atomic mass is 10.2. The van der Waals surface area contributed by atoms with Gasteiger partial charge >= 0.3 is 0 Å². The predicted molar refractivity (Wildman–Crippen MR) is 105 cm³/mol.